The van der Waals surface area contributed by atoms with Crippen molar-refractivity contribution in [1.82, 2.24) is 24.9 Å². The Morgan fingerprint density at radius 2 is 1.91 bits per heavy atom. The number of hydrogen-bond donors (Lipinski definition) is 1. The summed E-state index contributed by atoms with van der Waals surface area (Å²) in [6.45, 7) is -0.0115. The predicted octanol–water partition coefficient (Wildman–Crippen LogP) is 3.73. The van der Waals surface area contributed by atoms with Crippen LogP contribution in [0, 0.1) is 0 Å². The molecule has 170 valence electrons. The lowest BCUT2D eigenvalue weighted by Gasteiger charge is -2.35. The van der Waals surface area contributed by atoms with E-state index in [1.54, 1.807) is 30.2 Å². The fourth-order valence-corrected chi connectivity index (χ4v) is 3.79. The lowest BCUT2D eigenvalue weighted by Crippen LogP contribution is -2.49. The molecule has 1 N–H and O–H groups in total. The Bertz CT molecular complexity index is 1120. The molecular formula is C21H22F4N6O. The Morgan fingerprint density at radius 3 is 2.56 bits per heavy atom. The molecule has 7 nitrogen and oxygen atoms in total. The lowest BCUT2D eigenvalue weighted by atomic mass is 9.92. The van der Waals surface area contributed by atoms with Crippen LogP contribution in [0.15, 0.2) is 36.7 Å². The third-order valence-electron chi connectivity index (χ3n) is 5.74. The normalized spacial score (nSPS) is 16.9. The molecule has 11 heteroatoms. The van der Waals surface area contributed by atoms with Gasteiger partial charge in [-0.2, -0.15) is 13.2 Å². The van der Waals surface area contributed by atoms with E-state index in [0.29, 0.717) is 0 Å². The van der Waals surface area contributed by atoms with Gasteiger partial charge in [-0.05, 0) is 17.5 Å². The summed E-state index contributed by atoms with van der Waals surface area (Å²) in [4.78, 5) is 18.3. The van der Waals surface area contributed by atoms with Gasteiger partial charge in [0.2, 0.25) is 0 Å². The van der Waals surface area contributed by atoms with Crippen LogP contribution in [0.1, 0.15) is 19.3 Å². The number of anilines is 1. The number of likely N-dealkylation sites (tertiary alicyclic amines) is 1. The van der Waals surface area contributed by atoms with Crippen LogP contribution in [-0.2, 0) is 11.8 Å². The molecule has 0 bridgehead atoms. The van der Waals surface area contributed by atoms with E-state index in [4.69, 9.17) is 0 Å². The number of aryl methyl sites for hydroxylation is 1. The first-order chi connectivity index (χ1) is 15.1. The maximum Gasteiger partial charge on any atom is 0.390 e. The van der Waals surface area contributed by atoms with Gasteiger partial charge in [0.15, 0.2) is 5.67 Å². The van der Waals surface area contributed by atoms with Crippen LogP contribution in [0.5, 0.6) is 0 Å². The number of benzene rings is 1. The van der Waals surface area contributed by atoms with Crippen LogP contribution in [-0.4, -0.2) is 62.3 Å². The highest BCUT2D eigenvalue weighted by molar-refractivity contribution is 5.98. The van der Waals surface area contributed by atoms with Crippen molar-refractivity contribution >= 4 is 22.5 Å². The summed E-state index contributed by atoms with van der Waals surface area (Å²) < 4.78 is 54.0. The molecule has 0 radical (unpaired) electrons. The SMILES string of the molecule is Cn1nncc1-c1ccc2cnc(NC(=O)C3(F)CCN(CCC(F)(F)F)CC3)cc2c1. The maximum atomic E-state index is 15.2. The van der Waals surface area contributed by atoms with Gasteiger partial charge in [-0.25, -0.2) is 14.1 Å². The lowest BCUT2D eigenvalue weighted by molar-refractivity contribution is -0.141. The molecule has 2 aromatic heterocycles. The highest BCUT2D eigenvalue weighted by Crippen LogP contribution is 2.30. The average Bonchev–Trinajstić information content (AvgIpc) is 3.18. The number of halogens is 4. The molecule has 1 saturated heterocycles. The first-order valence-electron chi connectivity index (χ1n) is 10.2. The predicted molar refractivity (Wildman–Crippen MR) is 111 cm³/mol. The topological polar surface area (TPSA) is 75.9 Å². The summed E-state index contributed by atoms with van der Waals surface area (Å²) in [5.74, 6) is -0.619. The van der Waals surface area contributed by atoms with Crippen molar-refractivity contribution in [1.29, 1.82) is 0 Å². The molecule has 4 rings (SSSR count). The molecule has 1 aromatic carbocycles. The number of alkyl halides is 4. The molecule has 0 aliphatic carbocycles. The molecular weight excluding hydrogens is 428 g/mol. The van der Waals surface area contributed by atoms with E-state index in [-0.39, 0.29) is 38.3 Å². The second-order valence-corrected chi connectivity index (χ2v) is 8.00. The molecule has 3 heterocycles. The highest BCUT2D eigenvalue weighted by Gasteiger charge is 2.42. The van der Waals surface area contributed by atoms with Crippen molar-refractivity contribution in [3.8, 4) is 11.3 Å². The standard InChI is InChI=1S/C21H22F4N6O/c1-30-17(13-27-29-30)14-2-3-15-12-26-18(11-16(15)10-14)28-19(32)20(22)4-7-31(8-5-20)9-6-21(23,24)25/h2-3,10-13H,4-9H2,1H3,(H,26,28,32). The number of fused-ring (bicyclic) bond motifs is 1. The van der Waals surface area contributed by atoms with Gasteiger partial charge in [-0.3, -0.25) is 4.79 Å². The van der Waals surface area contributed by atoms with Crippen LogP contribution in [0.4, 0.5) is 23.4 Å². The average molecular weight is 450 g/mol. The first-order valence-corrected chi connectivity index (χ1v) is 10.2. The van der Waals surface area contributed by atoms with Gasteiger partial charge >= 0.3 is 6.18 Å². The molecule has 1 aliphatic rings. The van der Waals surface area contributed by atoms with Crippen LogP contribution < -0.4 is 5.32 Å². The van der Waals surface area contributed by atoms with Crippen LogP contribution in [0.3, 0.4) is 0 Å². The summed E-state index contributed by atoms with van der Waals surface area (Å²) in [7, 11) is 1.78. The smallest absolute Gasteiger partial charge is 0.308 e. The Morgan fingerprint density at radius 1 is 1.16 bits per heavy atom. The van der Waals surface area contributed by atoms with Crippen molar-refractivity contribution in [2.75, 3.05) is 25.0 Å². The fraction of sp³-hybridized carbons (Fsp3) is 0.429. The number of nitrogens with zero attached hydrogens (tertiary/aromatic N) is 5. The van der Waals surface area contributed by atoms with Gasteiger partial charge in [0.05, 0.1) is 18.3 Å². The Hall–Kier alpha value is -3.08. The second kappa shape index (κ2) is 8.45. The third kappa shape index (κ3) is 4.87. The molecule has 0 unspecified atom stereocenters. The number of aromatic nitrogens is 4. The van der Waals surface area contributed by atoms with E-state index in [9.17, 15) is 18.0 Å². The van der Waals surface area contributed by atoms with Gasteiger partial charge in [0, 0.05) is 56.7 Å². The van der Waals surface area contributed by atoms with Crippen LogP contribution >= 0.6 is 0 Å². The highest BCUT2D eigenvalue weighted by atomic mass is 19.4. The Labute approximate surface area is 181 Å². The van der Waals surface area contributed by atoms with Crippen molar-refractivity contribution in [2.45, 2.75) is 31.1 Å². The number of pyridine rings is 1. The van der Waals surface area contributed by atoms with E-state index in [2.05, 4.69) is 20.6 Å². The summed E-state index contributed by atoms with van der Waals surface area (Å²) in [5, 5.41) is 11.9. The van der Waals surface area contributed by atoms with E-state index in [1.165, 1.54) is 4.90 Å². The number of rotatable bonds is 5. The number of carbonyl (C=O) groups is 1. The van der Waals surface area contributed by atoms with Gasteiger partial charge < -0.3 is 10.2 Å². The quantitative estimate of drug-likeness (QED) is 0.600. The summed E-state index contributed by atoms with van der Waals surface area (Å²) >= 11 is 0. The molecule has 3 aromatic rings. The van der Waals surface area contributed by atoms with Crippen molar-refractivity contribution < 1.29 is 22.4 Å². The number of piperidine rings is 1. The van der Waals surface area contributed by atoms with Gasteiger partial charge in [-0.15, -0.1) is 5.10 Å². The zero-order chi connectivity index (χ0) is 22.9. The zero-order valence-electron chi connectivity index (χ0n) is 17.4. The molecule has 1 fully saturated rings. The van der Waals surface area contributed by atoms with E-state index >= 15 is 4.39 Å². The molecule has 0 spiro atoms. The van der Waals surface area contributed by atoms with Crippen molar-refractivity contribution in [2.24, 2.45) is 7.05 Å². The largest absolute Gasteiger partial charge is 0.390 e. The van der Waals surface area contributed by atoms with E-state index in [0.717, 1.165) is 22.0 Å². The fourth-order valence-electron chi connectivity index (χ4n) is 3.79. The van der Waals surface area contributed by atoms with Gasteiger partial charge in [-0.1, -0.05) is 17.3 Å². The molecule has 0 atom stereocenters. The minimum atomic E-state index is -4.25. The zero-order valence-corrected chi connectivity index (χ0v) is 17.4. The Kier molecular flexibility index (Phi) is 5.85. The monoisotopic (exact) mass is 450 g/mol. The van der Waals surface area contributed by atoms with Crippen LogP contribution in [0.2, 0.25) is 0 Å². The minimum absolute atomic E-state index is 0.0905. The number of carbonyl (C=O) groups excluding carboxylic acids is 1. The molecule has 32 heavy (non-hydrogen) atoms. The first kappa shape index (κ1) is 22.1. The Balaban J connectivity index is 1.43. The van der Waals surface area contributed by atoms with Crippen LogP contribution in [0.25, 0.3) is 22.0 Å². The van der Waals surface area contributed by atoms with Gasteiger partial charge in [0.25, 0.3) is 5.91 Å². The van der Waals surface area contributed by atoms with Crippen molar-refractivity contribution in [3.05, 3.63) is 36.7 Å². The summed E-state index contributed by atoms with van der Waals surface area (Å²) in [6, 6.07) is 7.34. The summed E-state index contributed by atoms with van der Waals surface area (Å²) in [6.07, 6.45) is -2.31. The molecule has 0 saturated carbocycles. The number of amides is 1. The summed E-state index contributed by atoms with van der Waals surface area (Å²) in [5.41, 5.74) is -0.455. The third-order valence-corrected chi connectivity index (χ3v) is 5.74. The molecule has 1 amide bonds. The van der Waals surface area contributed by atoms with Crippen molar-refractivity contribution in [3.63, 3.8) is 0 Å². The number of hydrogen-bond acceptors (Lipinski definition) is 5. The maximum absolute atomic E-state index is 15.2. The second-order valence-electron chi connectivity index (χ2n) is 8.00. The molecule has 1 aliphatic heterocycles. The van der Waals surface area contributed by atoms with Gasteiger partial charge in [0.1, 0.15) is 5.82 Å². The number of nitrogens with one attached hydrogen (secondary N) is 1. The minimum Gasteiger partial charge on any atom is -0.308 e. The van der Waals surface area contributed by atoms with E-state index < -0.39 is 24.2 Å². The van der Waals surface area contributed by atoms with E-state index in [1.807, 2.05) is 18.2 Å².